The molecule has 1 aliphatic carbocycles. The van der Waals surface area contributed by atoms with Gasteiger partial charge in [-0.3, -0.25) is 0 Å². The Balaban J connectivity index is 2.19. The van der Waals surface area contributed by atoms with Crippen LogP contribution in [0.4, 0.5) is 4.79 Å². The highest BCUT2D eigenvalue weighted by atomic mass is 16.6. The summed E-state index contributed by atoms with van der Waals surface area (Å²) in [5, 5.41) is 6.32. The number of rotatable bonds is 7. The Morgan fingerprint density at radius 3 is 2.33 bits per heavy atom. The molecule has 1 rings (SSSR count). The topological polar surface area (TPSA) is 50.4 Å². The summed E-state index contributed by atoms with van der Waals surface area (Å²) in [7, 11) is 0. The number of carbonyl (C=O) groups excluding carboxylic acids is 1. The highest BCUT2D eigenvalue weighted by molar-refractivity contribution is 5.67. The number of carbonyl (C=O) groups is 1. The first-order valence-electron chi connectivity index (χ1n) is 8.40. The fourth-order valence-electron chi connectivity index (χ4n) is 3.36. The normalized spacial score (nSPS) is 18.0. The van der Waals surface area contributed by atoms with E-state index < -0.39 is 5.60 Å². The maximum absolute atomic E-state index is 11.5. The number of hydrogen-bond acceptors (Lipinski definition) is 3. The van der Waals surface area contributed by atoms with E-state index in [1.807, 2.05) is 20.8 Å². The molecule has 1 saturated carbocycles. The average molecular weight is 298 g/mol. The third kappa shape index (κ3) is 7.70. The van der Waals surface area contributed by atoms with Crippen molar-refractivity contribution in [3.8, 4) is 0 Å². The number of hydrogen-bond donors (Lipinski definition) is 2. The second kappa shape index (κ2) is 8.02. The van der Waals surface area contributed by atoms with Gasteiger partial charge in [-0.2, -0.15) is 0 Å². The van der Waals surface area contributed by atoms with Crippen LogP contribution < -0.4 is 10.6 Å². The predicted molar refractivity (Wildman–Crippen MR) is 87.5 cm³/mol. The molecule has 0 saturated heterocycles. The van der Waals surface area contributed by atoms with Crippen molar-refractivity contribution in [3.05, 3.63) is 0 Å². The Morgan fingerprint density at radius 1 is 1.19 bits per heavy atom. The van der Waals surface area contributed by atoms with Crippen molar-refractivity contribution in [1.82, 2.24) is 10.6 Å². The number of ether oxygens (including phenoxy) is 1. The van der Waals surface area contributed by atoms with Crippen LogP contribution in [-0.4, -0.2) is 31.3 Å². The molecule has 0 atom stereocenters. The van der Waals surface area contributed by atoms with Crippen molar-refractivity contribution in [2.75, 3.05) is 19.6 Å². The van der Waals surface area contributed by atoms with E-state index in [2.05, 4.69) is 24.5 Å². The number of nitrogens with one attached hydrogen (secondary N) is 2. The molecule has 4 nitrogen and oxygen atoms in total. The SMILES string of the molecule is CC(C)CC1(CNCCNC(=O)OC(C)(C)C)CCCC1. The van der Waals surface area contributed by atoms with Gasteiger partial charge in [0.15, 0.2) is 0 Å². The molecule has 124 valence electrons. The van der Waals surface area contributed by atoms with Crippen LogP contribution in [0, 0.1) is 11.3 Å². The molecule has 0 unspecified atom stereocenters. The average Bonchev–Trinajstić information content (AvgIpc) is 2.74. The lowest BCUT2D eigenvalue weighted by Gasteiger charge is -2.31. The van der Waals surface area contributed by atoms with Crippen LogP contribution in [0.5, 0.6) is 0 Å². The molecule has 21 heavy (non-hydrogen) atoms. The van der Waals surface area contributed by atoms with E-state index in [1.54, 1.807) is 0 Å². The molecule has 0 heterocycles. The zero-order chi connectivity index (χ0) is 15.9. The summed E-state index contributed by atoms with van der Waals surface area (Å²) in [6.45, 7) is 12.7. The van der Waals surface area contributed by atoms with Crippen LogP contribution in [0.15, 0.2) is 0 Å². The monoisotopic (exact) mass is 298 g/mol. The minimum Gasteiger partial charge on any atom is -0.444 e. The molecular formula is C17H34N2O2. The Morgan fingerprint density at radius 2 is 1.81 bits per heavy atom. The molecule has 0 bridgehead atoms. The lowest BCUT2D eigenvalue weighted by molar-refractivity contribution is 0.0528. The van der Waals surface area contributed by atoms with Gasteiger partial charge in [0.1, 0.15) is 5.60 Å². The fourth-order valence-corrected chi connectivity index (χ4v) is 3.36. The summed E-state index contributed by atoms with van der Waals surface area (Å²) in [5.74, 6) is 0.754. The van der Waals surface area contributed by atoms with Gasteiger partial charge in [-0.1, -0.05) is 26.7 Å². The Hall–Kier alpha value is -0.770. The fraction of sp³-hybridized carbons (Fsp3) is 0.941. The predicted octanol–water partition coefficient (Wildman–Crippen LogP) is 3.71. The summed E-state index contributed by atoms with van der Waals surface area (Å²) >= 11 is 0. The van der Waals surface area contributed by atoms with Gasteiger partial charge in [0.25, 0.3) is 0 Å². The first-order valence-corrected chi connectivity index (χ1v) is 8.40. The van der Waals surface area contributed by atoms with E-state index in [0.29, 0.717) is 12.0 Å². The Kier molecular flexibility index (Phi) is 6.98. The first-order chi connectivity index (χ1) is 9.72. The van der Waals surface area contributed by atoms with Crippen molar-refractivity contribution in [3.63, 3.8) is 0 Å². The van der Waals surface area contributed by atoms with Crippen molar-refractivity contribution >= 4 is 6.09 Å². The van der Waals surface area contributed by atoms with Crippen LogP contribution in [0.25, 0.3) is 0 Å². The van der Waals surface area contributed by atoms with Crippen LogP contribution in [0.3, 0.4) is 0 Å². The first kappa shape index (κ1) is 18.3. The van der Waals surface area contributed by atoms with Crippen LogP contribution >= 0.6 is 0 Å². The van der Waals surface area contributed by atoms with Crippen LogP contribution in [0.2, 0.25) is 0 Å². The highest BCUT2D eigenvalue weighted by Gasteiger charge is 2.33. The Labute approximate surface area is 130 Å². The maximum atomic E-state index is 11.5. The molecule has 0 spiro atoms. The second-order valence-electron chi connectivity index (χ2n) is 7.91. The van der Waals surface area contributed by atoms with E-state index in [9.17, 15) is 4.79 Å². The molecule has 4 heteroatoms. The van der Waals surface area contributed by atoms with Gasteiger partial charge in [0.05, 0.1) is 0 Å². The van der Waals surface area contributed by atoms with Gasteiger partial charge >= 0.3 is 6.09 Å². The van der Waals surface area contributed by atoms with Gasteiger partial charge in [0.2, 0.25) is 0 Å². The standard InChI is InChI=1S/C17H34N2O2/c1-14(2)12-17(8-6-7-9-17)13-18-10-11-19-15(20)21-16(3,4)5/h14,18H,6-13H2,1-5H3,(H,19,20). The van der Waals surface area contributed by atoms with E-state index in [4.69, 9.17) is 4.74 Å². The third-order valence-corrected chi connectivity index (χ3v) is 3.98. The van der Waals surface area contributed by atoms with Crippen molar-refractivity contribution in [1.29, 1.82) is 0 Å². The smallest absolute Gasteiger partial charge is 0.407 e. The molecule has 1 amide bonds. The lowest BCUT2D eigenvalue weighted by atomic mass is 9.78. The summed E-state index contributed by atoms with van der Waals surface area (Å²) in [4.78, 5) is 11.5. The van der Waals surface area contributed by atoms with E-state index >= 15 is 0 Å². The molecule has 0 aromatic heterocycles. The van der Waals surface area contributed by atoms with Gasteiger partial charge in [-0.15, -0.1) is 0 Å². The summed E-state index contributed by atoms with van der Waals surface area (Å²) < 4.78 is 5.21. The van der Waals surface area contributed by atoms with Gasteiger partial charge in [0, 0.05) is 19.6 Å². The van der Waals surface area contributed by atoms with Gasteiger partial charge < -0.3 is 15.4 Å². The Bertz CT molecular complexity index is 315. The largest absolute Gasteiger partial charge is 0.444 e. The molecule has 1 aliphatic rings. The number of alkyl carbamates (subject to hydrolysis) is 1. The molecule has 0 aromatic rings. The molecule has 0 aromatic carbocycles. The molecule has 0 radical (unpaired) electrons. The highest BCUT2D eigenvalue weighted by Crippen LogP contribution is 2.42. The quantitative estimate of drug-likeness (QED) is 0.705. The van der Waals surface area contributed by atoms with Crippen LogP contribution in [0.1, 0.15) is 66.7 Å². The molecular weight excluding hydrogens is 264 g/mol. The summed E-state index contributed by atoms with van der Waals surface area (Å²) in [5.41, 5.74) is 0.0583. The minimum atomic E-state index is -0.428. The zero-order valence-electron chi connectivity index (χ0n) is 14.6. The van der Waals surface area contributed by atoms with Gasteiger partial charge in [-0.05, 0) is 51.4 Å². The lowest BCUT2D eigenvalue weighted by Crippen LogP contribution is -2.39. The van der Waals surface area contributed by atoms with Gasteiger partial charge in [-0.25, -0.2) is 4.79 Å². The van der Waals surface area contributed by atoms with E-state index in [-0.39, 0.29) is 6.09 Å². The van der Waals surface area contributed by atoms with Crippen molar-refractivity contribution in [2.24, 2.45) is 11.3 Å². The van der Waals surface area contributed by atoms with E-state index in [0.717, 1.165) is 19.0 Å². The third-order valence-electron chi connectivity index (χ3n) is 3.98. The molecule has 2 N–H and O–H groups in total. The van der Waals surface area contributed by atoms with Crippen LogP contribution in [-0.2, 0) is 4.74 Å². The maximum Gasteiger partial charge on any atom is 0.407 e. The summed E-state index contributed by atoms with van der Waals surface area (Å²) in [6.07, 6.45) is 6.39. The molecule has 0 aliphatic heterocycles. The van der Waals surface area contributed by atoms with E-state index in [1.165, 1.54) is 32.1 Å². The number of amides is 1. The second-order valence-corrected chi connectivity index (χ2v) is 7.91. The molecule has 1 fully saturated rings. The van der Waals surface area contributed by atoms with Crippen molar-refractivity contribution in [2.45, 2.75) is 72.3 Å². The summed E-state index contributed by atoms with van der Waals surface area (Å²) in [6, 6.07) is 0. The van der Waals surface area contributed by atoms with Crippen molar-refractivity contribution < 1.29 is 9.53 Å². The zero-order valence-corrected chi connectivity index (χ0v) is 14.6. The minimum absolute atomic E-state index is 0.331.